The summed E-state index contributed by atoms with van der Waals surface area (Å²) in [7, 11) is 1.57. The van der Waals surface area contributed by atoms with Gasteiger partial charge in [0.05, 0.1) is 31.8 Å². The fourth-order valence-corrected chi connectivity index (χ4v) is 5.34. The Morgan fingerprint density at radius 1 is 1.15 bits per heavy atom. The van der Waals surface area contributed by atoms with Crippen LogP contribution in [0.3, 0.4) is 0 Å². The predicted octanol–water partition coefficient (Wildman–Crippen LogP) is 2.63. The molecule has 0 unspecified atom stereocenters. The summed E-state index contributed by atoms with van der Waals surface area (Å²) >= 11 is 0. The number of rotatable bonds is 5. The Balaban J connectivity index is 1.38. The van der Waals surface area contributed by atoms with Crippen LogP contribution < -0.4 is 9.47 Å². The van der Waals surface area contributed by atoms with Gasteiger partial charge in [-0.1, -0.05) is 12.2 Å². The van der Waals surface area contributed by atoms with Gasteiger partial charge in [0.25, 0.3) is 11.8 Å². The molecule has 1 spiro atoms. The zero-order valence-corrected chi connectivity index (χ0v) is 15.4. The summed E-state index contributed by atoms with van der Waals surface area (Å²) < 4.78 is 10.8. The second-order valence-corrected chi connectivity index (χ2v) is 7.80. The van der Waals surface area contributed by atoms with Crippen molar-refractivity contribution in [2.45, 2.75) is 19.8 Å². The van der Waals surface area contributed by atoms with Crippen LogP contribution in [0.2, 0.25) is 0 Å². The van der Waals surface area contributed by atoms with E-state index in [1.54, 1.807) is 19.2 Å². The lowest BCUT2D eigenvalue weighted by atomic mass is 9.85. The molecule has 3 aliphatic carbocycles. The quantitative estimate of drug-likeness (QED) is 0.456. The van der Waals surface area contributed by atoms with E-state index in [9.17, 15) is 9.59 Å². The minimum atomic E-state index is -0.220. The molecule has 2 bridgehead atoms. The van der Waals surface area contributed by atoms with Crippen LogP contribution in [0.4, 0.5) is 0 Å². The average Bonchev–Trinajstić information content (AvgIpc) is 3.28. The number of carbonyl (C=O) groups is 2. The third-order valence-electron chi connectivity index (χ3n) is 6.64. The van der Waals surface area contributed by atoms with Crippen molar-refractivity contribution >= 4 is 18.0 Å². The number of hydrogen-bond donors (Lipinski definition) is 0. The molecule has 2 amide bonds. The molecule has 2 saturated carbocycles. The third-order valence-corrected chi connectivity index (χ3v) is 6.64. The number of ether oxygens (including phenoxy) is 2. The molecule has 1 saturated heterocycles. The maximum atomic E-state index is 12.9. The fraction of sp³-hybridized carbons (Fsp3) is 0.476. The Hall–Kier alpha value is -2.63. The van der Waals surface area contributed by atoms with E-state index >= 15 is 0 Å². The number of benzene rings is 1. The number of amides is 2. The van der Waals surface area contributed by atoms with Crippen LogP contribution in [-0.4, -0.2) is 36.8 Å². The first-order chi connectivity index (χ1) is 13.1. The molecule has 5 rings (SSSR count). The number of fused-ring (bicyclic) bond motifs is 3. The standard InChI is InChI=1S/C21H22N2O4/c1-3-27-15-7-4-12(10-16(15)26-2)11-22-23-19(24)17-13-5-6-14(18(17)20(23)25)21(13)8-9-21/h4-7,10-11,13-14,17-18H,3,8-9H2,1-2H3/b22-11-/t13-,14-,17-,18-/m0/s1. The molecule has 4 atom stereocenters. The Kier molecular flexibility index (Phi) is 3.48. The van der Waals surface area contributed by atoms with E-state index in [1.165, 1.54) is 6.21 Å². The summed E-state index contributed by atoms with van der Waals surface area (Å²) in [5, 5.41) is 5.32. The first-order valence-corrected chi connectivity index (χ1v) is 9.51. The van der Waals surface area contributed by atoms with E-state index in [2.05, 4.69) is 17.3 Å². The molecule has 140 valence electrons. The van der Waals surface area contributed by atoms with Crippen LogP contribution in [0.15, 0.2) is 35.5 Å². The van der Waals surface area contributed by atoms with Gasteiger partial charge in [0.1, 0.15) is 0 Å². The summed E-state index contributed by atoms with van der Waals surface area (Å²) in [6, 6.07) is 5.41. The summed E-state index contributed by atoms with van der Waals surface area (Å²) in [5.41, 5.74) is 0.951. The molecular formula is C21H22N2O4. The van der Waals surface area contributed by atoms with Gasteiger partial charge in [0, 0.05) is 0 Å². The molecule has 1 heterocycles. The Bertz CT molecular complexity index is 852. The van der Waals surface area contributed by atoms with E-state index in [0.717, 1.165) is 23.4 Å². The van der Waals surface area contributed by atoms with Gasteiger partial charge in [0.15, 0.2) is 11.5 Å². The topological polar surface area (TPSA) is 68.2 Å². The number of carbonyl (C=O) groups excluding carboxylic acids is 2. The highest BCUT2D eigenvalue weighted by molar-refractivity contribution is 6.07. The molecule has 1 aromatic rings. The van der Waals surface area contributed by atoms with Crippen LogP contribution >= 0.6 is 0 Å². The molecule has 3 fully saturated rings. The summed E-state index contributed by atoms with van der Waals surface area (Å²) in [5.74, 6) is 0.935. The van der Waals surface area contributed by atoms with Gasteiger partial charge in [-0.2, -0.15) is 10.1 Å². The minimum Gasteiger partial charge on any atom is -0.493 e. The van der Waals surface area contributed by atoms with E-state index in [1.807, 2.05) is 13.0 Å². The second kappa shape index (κ2) is 5.68. The van der Waals surface area contributed by atoms with E-state index < -0.39 is 0 Å². The van der Waals surface area contributed by atoms with Crippen LogP contribution in [0.5, 0.6) is 11.5 Å². The Labute approximate surface area is 157 Å². The van der Waals surface area contributed by atoms with Crippen LogP contribution in [0, 0.1) is 29.1 Å². The Morgan fingerprint density at radius 2 is 1.81 bits per heavy atom. The molecule has 6 heteroatoms. The lowest BCUT2D eigenvalue weighted by Gasteiger charge is -2.18. The SMILES string of the molecule is CCOc1ccc(/C=N\N2C(=O)[C@@H]3[C@@H](C2=O)[C@@H]2C=C[C@@H]3C23CC3)cc1OC. The number of imide groups is 1. The first kappa shape index (κ1) is 16.5. The normalized spacial score (nSPS) is 32.0. The van der Waals surface area contributed by atoms with E-state index in [-0.39, 0.29) is 40.9 Å². The molecule has 27 heavy (non-hydrogen) atoms. The van der Waals surface area contributed by atoms with Gasteiger partial charge in [0.2, 0.25) is 0 Å². The van der Waals surface area contributed by atoms with Crippen molar-refractivity contribution in [1.29, 1.82) is 0 Å². The van der Waals surface area contributed by atoms with Crippen LogP contribution in [0.1, 0.15) is 25.3 Å². The number of hydrogen-bond acceptors (Lipinski definition) is 5. The zero-order chi connectivity index (χ0) is 18.8. The molecule has 6 nitrogen and oxygen atoms in total. The van der Waals surface area contributed by atoms with Gasteiger partial charge in [-0.3, -0.25) is 9.59 Å². The maximum Gasteiger partial charge on any atom is 0.254 e. The smallest absolute Gasteiger partial charge is 0.254 e. The average molecular weight is 366 g/mol. The molecule has 0 radical (unpaired) electrons. The molecule has 1 aromatic carbocycles. The first-order valence-electron chi connectivity index (χ1n) is 9.51. The molecular weight excluding hydrogens is 344 g/mol. The van der Waals surface area contributed by atoms with Crippen molar-refractivity contribution in [2.75, 3.05) is 13.7 Å². The van der Waals surface area contributed by atoms with Gasteiger partial charge in [-0.25, -0.2) is 0 Å². The number of hydrazone groups is 1. The monoisotopic (exact) mass is 366 g/mol. The van der Waals surface area contributed by atoms with Crippen LogP contribution in [0.25, 0.3) is 0 Å². The largest absolute Gasteiger partial charge is 0.493 e. The zero-order valence-electron chi connectivity index (χ0n) is 15.4. The number of methoxy groups -OCH3 is 1. The molecule has 4 aliphatic rings. The maximum absolute atomic E-state index is 12.9. The van der Waals surface area contributed by atoms with Gasteiger partial charge >= 0.3 is 0 Å². The molecule has 0 aromatic heterocycles. The van der Waals surface area contributed by atoms with Crippen LogP contribution in [-0.2, 0) is 9.59 Å². The highest BCUT2D eigenvalue weighted by atomic mass is 16.5. The number of allylic oxidation sites excluding steroid dienone is 2. The summed E-state index contributed by atoms with van der Waals surface area (Å²) in [4.78, 5) is 25.8. The van der Waals surface area contributed by atoms with E-state index in [4.69, 9.17) is 9.47 Å². The van der Waals surface area contributed by atoms with Gasteiger partial charge in [-0.05, 0) is 60.8 Å². The highest BCUT2D eigenvalue weighted by Gasteiger charge is 2.73. The fourth-order valence-electron chi connectivity index (χ4n) is 5.34. The number of nitrogens with zero attached hydrogens (tertiary/aromatic N) is 2. The Morgan fingerprint density at radius 3 is 2.37 bits per heavy atom. The second-order valence-electron chi connectivity index (χ2n) is 7.80. The van der Waals surface area contributed by atoms with Crippen molar-refractivity contribution in [3.05, 3.63) is 35.9 Å². The highest BCUT2D eigenvalue weighted by Crippen LogP contribution is 2.73. The van der Waals surface area contributed by atoms with Crippen molar-refractivity contribution in [3.63, 3.8) is 0 Å². The van der Waals surface area contributed by atoms with Crippen molar-refractivity contribution in [2.24, 2.45) is 34.2 Å². The lowest BCUT2D eigenvalue weighted by molar-refractivity contribution is -0.141. The van der Waals surface area contributed by atoms with E-state index in [0.29, 0.717) is 18.1 Å². The third kappa shape index (κ3) is 2.16. The van der Waals surface area contributed by atoms with Crippen molar-refractivity contribution < 1.29 is 19.1 Å². The predicted molar refractivity (Wildman–Crippen MR) is 98.4 cm³/mol. The van der Waals surface area contributed by atoms with Gasteiger partial charge < -0.3 is 9.47 Å². The molecule has 1 aliphatic heterocycles. The van der Waals surface area contributed by atoms with Crippen molar-refractivity contribution in [1.82, 2.24) is 5.01 Å². The lowest BCUT2D eigenvalue weighted by Crippen LogP contribution is -2.30. The summed E-state index contributed by atoms with van der Waals surface area (Å²) in [6.07, 6.45) is 8.14. The molecule has 0 N–H and O–H groups in total. The summed E-state index contributed by atoms with van der Waals surface area (Å²) in [6.45, 7) is 2.45. The minimum absolute atomic E-state index is 0.151. The van der Waals surface area contributed by atoms with Crippen molar-refractivity contribution in [3.8, 4) is 11.5 Å². The van der Waals surface area contributed by atoms with Gasteiger partial charge in [-0.15, -0.1) is 0 Å².